The van der Waals surface area contributed by atoms with Crippen molar-refractivity contribution in [1.29, 1.82) is 0 Å². The van der Waals surface area contributed by atoms with Gasteiger partial charge in [-0.05, 0) is 49.6 Å². The van der Waals surface area contributed by atoms with Crippen LogP contribution in [0, 0.1) is 6.92 Å². The maximum absolute atomic E-state index is 14.2. The molecule has 0 spiro atoms. The third-order valence-corrected chi connectivity index (χ3v) is 8.76. The third kappa shape index (κ3) is 7.38. The van der Waals surface area contributed by atoms with E-state index in [0.717, 1.165) is 21.0 Å². The Morgan fingerprint density at radius 1 is 0.927 bits per heavy atom. The lowest BCUT2D eigenvalue weighted by atomic mass is 10.0. The molecular formula is C31H37N3O6S. The first-order chi connectivity index (χ1) is 19.7. The first kappa shape index (κ1) is 29.9. The highest BCUT2D eigenvalue weighted by Gasteiger charge is 2.34. The summed E-state index contributed by atoms with van der Waals surface area (Å²) in [4.78, 5) is 29.2. The van der Waals surface area contributed by atoms with Gasteiger partial charge in [0, 0.05) is 25.6 Å². The molecule has 0 radical (unpaired) electrons. The Morgan fingerprint density at radius 3 is 2.29 bits per heavy atom. The van der Waals surface area contributed by atoms with Crippen molar-refractivity contribution in [3.8, 4) is 11.5 Å². The van der Waals surface area contributed by atoms with Gasteiger partial charge >= 0.3 is 0 Å². The first-order valence-electron chi connectivity index (χ1n) is 13.8. The Hall–Kier alpha value is -4.05. The zero-order valence-corrected chi connectivity index (χ0v) is 24.5. The molecule has 1 atom stereocenters. The van der Waals surface area contributed by atoms with E-state index in [9.17, 15) is 18.0 Å². The van der Waals surface area contributed by atoms with Gasteiger partial charge in [0.15, 0.2) is 11.5 Å². The Kier molecular flexibility index (Phi) is 9.88. The van der Waals surface area contributed by atoms with Gasteiger partial charge in [-0.15, -0.1) is 0 Å². The van der Waals surface area contributed by atoms with Crippen LogP contribution < -0.4 is 19.1 Å². The fourth-order valence-corrected chi connectivity index (χ4v) is 5.78. The van der Waals surface area contributed by atoms with E-state index in [4.69, 9.17) is 9.47 Å². The molecule has 1 N–H and O–H groups in total. The van der Waals surface area contributed by atoms with Crippen molar-refractivity contribution >= 4 is 27.5 Å². The van der Waals surface area contributed by atoms with Gasteiger partial charge in [0.05, 0.1) is 11.4 Å². The van der Waals surface area contributed by atoms with E-state index in [1.807, 2.05) is 68.4 Å². The molecule has 0 fully saturated rings. The van der Waals surface area contributed by atoms with Crippen LogP contribution in [0.1, 0.15) is 30.5 Å². The molecule has 3 aromatic rings. The molecular weight excluding hydrogens is 542 g/mol. The van der Waals surface area contributed by atoms with E-state index < -0.39 is 28.5 Å². The second kappa shape index (κ2) is 13.5. The highest BCUT2D eigenvalue weighted by atomic mass is 32.2. The van der Waals surface area contributed by atoms with Crippen LogP contribution >= 0.6 is 0 Å². The van der Waals surface area contributed by atoms with Crippen LogP contribution in [0.25, 0.3) is 0 Å². The average Bonchev–Trinajstić information content (AvgIpc) is 2.98. The molecule has 0 bridgehead atoms. The Morgan fingerprint density at radius 2 is 1.61 bits per heavy atom. The number of likely N-dealkylation sites (N-methyl/N-ethyl adjacent to an activating group) is 1. The third-order valence-electron chi connectivity index (χ3n) is 7.02. The van der Waals surface area contributed by atoms with Crippen LogP contribution in [-0.4, -0.2) is 63.2 Å². The maximum atomic E-state index is 14.2. The second-order valence-corrected chi connectivity index (χ2v) is 12.0. The summed E-state index contributed by atoms with van der Waals surface area (Å²) in [6, 6.07) is 21.1. The summed E-state index contributed by atoms with van der Waals surface area (Å²) in [6.07, 6.45) is 0.273. The normalized spacial score (nSPS) is 13.2. The zero-order valence-electron chi connectivity index (χ0n) is 23.7. The van der Waals surface area contributed by atoms with Crippen LogP contribution in [0.15, 0.2) is 72.8 Å². The number of ether oxygens (including phenoxy) is 2. The Balaban J connectivity index is 1.74. The summed E-state index contributed by atoms with van der Waals surface area (Å²) >= 11 is 0. The van der Waals surface area contributed by atoms with Crippen LogP contribution in [0.5, 0.6) is 11.5 Å². The molecule has 1 heterocycles. The van der Waals surface area contributed by atoms with Crippen molar-refractivity contribution in [2.24, 2.45) is 0 Å². The molecule has 9 nitrogen and oxygen atoms in total. The Labute approximate surface area is 242 Å². The lowest BCUT2D eigenvalue weighted by Crippen LogP contribution is -2.53. The van der Waals surface area contributed by atoms with Gasteiger partial charge in [0.1, 0.15) is 25.8 Å². The molecule has 0 unspecified atom stereocenters. The summed E-state index contributed by atoms with van der Waals surface area (Å²) in [5.41, 5.74) is 3.01. The zero-order chi connectivity index (χ0) is 29.4. The summed E-state index contributed by atoms with van der Waals surface area (Å²) < 4.78 is 39.0. The minimum absolute atomic E-state index is 0.140. The number of rotatable bonds is 12. The van der Waals surface area contributed by atoms with Crippen molar-refractivity contribution in [1.82, 2.24) is 10.2 Å². The molecule has 1 aliphatic heterocycles. The van der Waals surface area contributed by atoms with Gasteiger partial charge in [0.2, 0.25) is 21.8 Å². The number of sulfonamides is 1. The number of carbonyl (C=O) groups excluding carboxylic acids is 2. The number of nitrogens with zero attached hydrogens (tertiary/aromatic N) is 2. The molecule has 10 heteroatoms. The SMILES string of the molecule is CCNC(=O)[C@H](Cc1ccccc1)N(Cc1ccccc1C)C(=O)CN(c1ccc2c(c1)OCCO2)S(=O)(=O)CC. The molecule has 2 amide bonds. The predicted octanol–water partition coefficient (Wildman–Crippen LogP) is 3.70. The number of hydrogen-bond acceptors (Lipinski definition) is 6. The molecule has 1 aliphatic rings. The van der Waals surface area contributed by atoms with Gasteiger partial charge in [-0.25, -0.2) is 8.42 Å². The standard InChI is InChI=1S/C31H37N3O6S/c1-4-32-31(36)27(19-24-12-7-6-8-13-24)33(21-25-14-10-9-11-23(25)3)30(35)22-34(41(37,38)5-2)26-15-16-28-29(20-26)40-18-17-39-28/h6-16,20,27H,4-5,17-19,21-22H2,1-3H3,(H,32,36)/t27-/m0/s1. The van der Waals surface area contributed by atoms with E-state index >= 15 is 0 Å². The van der Waals surface area contributed by atoms with E-state index in [-0.39, 0.29) is 30.3 Å². The van der Waals surface area contributed by atoms with Crippen molar-refractivity contribution in [2.75, 3.05) is 36.4 Å². The Bertz CT molecular complexity index is 1460. The molecule has 0 aromatic heterocycles. The molecule has 0 saturated heterocycles. The van der Waals surface area contributed by atoms with Gasteiger partial charge in [-0.2, -0.15) is 0 Å². The molecule has 218 valence electrons. The molecule has 41 heavy (non-hydrogen) atoms. The predicted molar refractivity (Wildman–Crippen MR) is 159 cm³/mol. The number of benzene rings is 3. The number of aryl methyl sites for hydroxylation is 1. The van der Waals surface area contributed by atoms with Crippen molar-refractivity contribution < 1.29 is 27.5 Å². The van der Waals surface area contributed by atoms with Crippen LogP contribution in [-0.2, 0) is 32.6 Å². The van der Waals surface area contributed by atoms with Crippen LogP contribution in [0.2, 0.25) is 0 Å². The van der Waals surface area contributed by atoms with Crippen LogP contribution in [0.4, 0.5) is 5.69 Å². The summed E-state index contributed by atoms with van der Waals surface area (Å²) in [5.74, 6) is -0.0788. The quantitative estimate of drug-likeness (QED) is 0.351. The van der Waals surface area contributed by atoms with E-state index in [1.165, 1.54) is 11.8 Å². The maximum Gasteiger partial charge on any atom is 0.244 e. The number of fused-ring (bicyclic) bond motifs is 1. The minimum atomic E-state index is -3.88. The van der Waals surface area contributed by atoms with E-state index in [1.54, 1.807) is 18.2 Å². The fraction of sp³-hybridized carbons (Fsp3) is 0.355. The fourth-order valence-electron chi connectivity index (χ4n) is 4.72. The van der Waals surface area contributed by atoms with E-state index in [0.29, 0.717) is 31.3 Å². The number of hydrogen-bond donors (Lipinski definition) is 1. The molecule has 0 saturated carbocycles. The topological polar surface area (TPSA) is 105 Å². The molecule has 0 aliphatic carbocycles. The van der Waals surface area contributed by atoms with Crippen LogP contribution in [0.3, 0.4) is 0 Å². The first-order valence-corrected chi connectivity index (χ1v) is 15.4. The van der Waals surface area contributed by atoms with Crippen molar-refractivity contribution in [2.45, 2.75) is 39.8 Å². The number of anilines is 1. The summed E-state index contributed by atoms with van der Waals surface area (Å²) in [7, 11) is -3.88. The number of carbonyl (C=O) groups is 2. The lowest BCUT2D eigenvalue weighted by molar-refractivity contribution is -0.140. The van der Waals surface area contributed by atoms with Gasteiger partial charge in [-0.1, -0.05) is 54.6 Å². The number of amides is 2. The van der Waals surface area contributed by atoms with Crippen molar-refractivity contribution in [3.05, 3.63) is 89.5 Å². The summed E-state index contributed by atoms with van der Waals surface area (Å²) in [6.45, 7) is 6.09. The number of nitrogens with one attached hydrogen (secondary N) is 1. The molecule has 4 rings (SSSR count). The van der Waals surface area contributed by atoms with Gasteiger partial charge in [-0.3, -0.25) is 13.9 Å². The largest absolute Gasteiger partial charge is 0.486 e. The highest BCUT2D eigenvalue weighted by molar-refractivity contribution is 7.92. The second-order valence-electron chi connectivity index (χ2n) is 9.78. The average molecular weight is 580 g/mol. The smallest absolute Gasteiger partial charge is 0.244 e. The van der Waals surface area contributed by atoms with E-state index in [2.05, 4.69) is 5.32 Å². The minimum Gasteiger partial charge on any atom is -0.486 e. The lowest BCUT2D eigenvalue weighted by Gasteiger charge is -2.34. The van der Waals surface area contributed by atoms with Gasteiger partial charge in [0.25, 0.3) is 0 Å². The van der Waals surface area contributed by atoms with Crippen molar-refractivity contribution in [3.63, 3.8) is 0 Å². The molecule has 3 aromatic carbocycles. The summed E-state index contributed by atoms with van der Waals surface area (Å²) in [5, 5.41) is 2.87. The van der Waals surface area contributed by atoms with Gasteiger partial charge < -0.3 is 19.7 Å². The monoisotopic (exact) mass is 579 g/mol. The highest BCUT2D eigenvalue weighted by Crippen LogP contribution is 2.35.